The van der Waals surface area contributed by atoms with E-state index in [-0.39, 0.29) is 22.9 Å². The number of carbonyl (C=O) groups excluding carboxylic acids is 1. The van der Waals surface area contributed by atoms with E-state index in [0.29, 0.717) is 11.4 Å². The zero-order chi connectivity index (χ0) is 16.3. The van der Waals surface area contributed by atoms with E-state index in [4.69, 9.17) is 14.4 Å². The van der Waals surface area contributed by atoms with Gasteiger partial charge in [0.05, 0.1) is 18.4 Å². The lowest BCUT2D eigenvalue weighted by molar-refractivity contribution is 0.0696. The highest BCUT2D eigenvalue weighted by molar-refractivity contribution is 6.04. The molecule has 0 bridgehead atoms. The number of nitrogens with one attached hydrogen (secondary N) is 1. The molecular formula is C15H16N2O5. The van der Waals surface area contributed by atoms with Gasteiger partial charge >= 0.3 is 5.97 Å². The van der Waals surface area contributed by atoms with E-state index >= 15 is 0 Å². The molecule has 0 aliphatic heterocycles. The standard InChI is InChI=1S/C15H16N2O5/c1-8(2)12-7-11(17-22-12)14(18)16-10-5-4-9(15(19)20)6-13(10)21-3/h4-8H,1-3H3,(H,16,18)(H,19,20). The first-order valence-electron chi connectivity index (χ1n) is 6.61. The molecule has 0 atom stereocenters. The highest BCUT2D eigenvalue weighted by Gasteiger charge is 2.17. The molecule has 0 saturated heterocycles. The lowest BCUT2D eigenvalue weighted by atomic mass is 10.1. The fourth-order valence-electron chi connectivity index (χ4n) is 1.78. The number of amides is 1. The topological polar surface area (TPSA) is 102 Å². The molecule has 0 saturated carbocycles. The SMILES string of the molecule is COc1cc(C(=O)O)ccc1NC(=O)c1cc(C(C)C)on1. The molecule has 0 unspecified atom stereocenters. The van der Waals surface area contributed by atoms with Crippen LogP contribution in [0.5, 0.6) is 5.75 Å². The minimum atomic E-state index is -1.07. The number of aromatic nitrogens is 1. The van der Waals surface area contributed by atoms with Gasteiger partial charge in [0.2, 0.25) is 0 Å². The third-order valence-corrected chi connectivity index (χ3v) is 3.03. The molecular weight excluding hydrogens is 288 g/mol. The lowest BCUT2D eigenvalue weighted by Gasteiger charge is -2.09. The first kappa shape index (κ1) is 15.6. The third-order valence-electron chi connectivity index (χ3n) is 3.03. The molecule has 2 aromatic rings. The van der Waals surface area contributed by atoms with Gasteiger partial charge in [0.25, 0.3) is 5.91 Å². The molecule has 0 aliphatic rings. The van der Waals surface area contributed by atoms with Crippen molar-refractivity contribution in [2.75, 3.05) is 12.4 Å². The van der Waals surface area contributed by atoms with Crippen LogP contribution in [0.25, 0.3) is 0 Å². The van der Waals surface area contributed by atoms with Crippen LogP contribution in [0.1, 0.15) is 46.4 Å². The summed E-state index contributed by atoms with van der Waals surface area (Å²) in [7, 11) is 1.39. The van der Waals surface area contributed by atoms with Crippen molar-refractivity contribution in [2.24, 2.45) is 0 Å². The van der Waals surface area contributed by atoms with Gasteiger partial charge in [-0.2, -0.15) is 0 Å². The number of aromatic carboxylic acids is 1. The van der Waals surface area contributed by atoms with Crippen LogP contribution < -0.4 is 10.1 Å². The van der Waals surface area contributed by atoms with Crippen LogP contribution >= 0.6 is 0 Å². The monoisotopic (exact) mass is 304 g/mol. The second-order valence-corrected chi connectivity index (χ2v) is 4.94. The van der Waals surface area contributed by atoms with Gasteiger partial charge < -0.3 is 19.7 Å². The Balaban J connectivity index is 2.22. The molecule has 0 radical (unpaired) electrons. The highest BCUT2D eigenvalue weighted by atomic mass is 16.5. The van der Waals surface area contributed by atoms with Crippen LogP contribution in [-0.2, 0) is 0 Å². The summed E-state index contributed by atoms with van der Waals surface area (Å²) < 4.78 is 10.2. The molecule has 0 fully saturated rings. The lowest BCUT2D eigenvalue weighted by Crippen LogP contribution is -2.13. The van der Waals surface area contributed by atoms with Crippen molar-refractivity contribution in [3.8, 4) is 5.75 Å². The number of hydrogen-bond acceptors (Lipinski definition) is 5. The van der Waals surface area contributed by atoms with Crippen LogP contribution in [-0.4, -0.2) is 29.2 Å². The second-order valence-electron chi connectivity index (χ2n) is 4.94. The van der Waals surface area contributed by atoms with E-state index in [1.54, 1.807) is 6.07 Å². The minimum Gasteiger partial charge on any atom is -0.495 e. The Morgan fingerprint density at radius 3 is 2.59 bits per heavy atom. The number of methoxy groups -OCH3 is 1. The summed E-state index contributed by atoms with van der Waals surface area (Å²) in [5.41, 5.74) is 0.568. The van der Waals surface area contributed by atoms with Gasteiger partial charge in [-0.25, -0.2) is 4.79 Å². The number of rotatable bonds is 5. The Morgan fingerprint density at radius 1 is 1.32 bits per heavy atom. The Bertz CT molecular complexity index is 706. The molecule has 2 N–H and O–H groups in total. The van der Waals surface area contributed by atoms with Gasteiger partial charge in [0.15, 0.2) is 5.69 Å². The number of nitrogens with zero attached hydrogens (tertiary/aromatic N) is 1. The molecule has 1 aromatic heterocycles. The number of hydrogen-bond donors (Lipinski definition) is 2. The molecule has 22 heavy (non-hydrogen) atoms. The summed E-state index contributed by atoms with van der Waals surface area (Å²) in [6.45, 7) is 3.85. The fourth-order valence-corrected chi connectivity index (χ4v) is 1.78. The van der Waals surface area contributed by atoms with E-state index in [1.807, 2.05) is 13.8 Å². The summed E-state index contributed by atoms with van der Waals surface area (Å²) in [6, 6.07) is 5.74. The Hall–Kier alpha value is -2.83. The fraction of sp³-hybridized carbons (Fsp3) is 0.267. The van der Waals surface area contributed by atoms with Gasteiger partial charge in [0.1, 0.15) is 11.5 Å². The largest absolute Gasteiger partial charge is 0.495 e. The molecule has 116 valence electrons. The summed E-state index contributed by atoms with van der Waals surface area (Å²) in [5.74, 6) is -0.552. The Morgan fingerprint density at radius 2 is 2.05 bits per heavy atom. The maximum absolute atomic E-state index is 12.1. The van der Waals surface area contributed by atoms with Crippen molar-refractivity contribution in [3.05, 3.63) is 41.3 Å². The van der Waals surface area contributed by atoms with Crippen molar-refractivity contribution >= 4 is 17.6 Å². The number of anilines is 1. The van der Waals surface area contributed by atoms with Crippen molar-refractivity contribution in [1.82, 2.24) is 5.16 Å². The zero-order valence-corrected chi connectivity index (χ0v) is 12.4. The predicted octanol–water partition coefficient (Wildman–Crippen LogP) is 2.76. The summed E-state index contributed by atoms with van der Waals surface area (Å²) in [5, 5.41) is 15.3. The molecule has 7 heteroatoms. The summed E-state index contributed by atoms with van der Waals surface area (Å²) >= 11 is 0. The van der Waals surface area contributed by atoms with E-state index in [9.17, 15) is 9.59 Å². The van der Waals surface area contributed by atoms with Crippen LogP contribution in [0.15, 0.2) is 28.8 Å². The van der Waals surface area contributed by atoms with Crippen LogP contribution in [0.3, 0.4) is 0 Å². The first-order valence-corrected chi connectivity index (χ1v) is 6.61. The quantitative estimate of drug-likeness (QED) is 0.880. The Labute approximate surface area is 126 Å². The number of carbonyl (C=O) groups is 2. The maximum Gasteiger partial charge on any atom is 0.335 e. The Kier molecular flexibility index (Phi) is 4.45. The summed E-state index contributed by atoms with van der Waals surface area (Å²) in [4.78, 5) is 23.1. The second kappa shape index (κ2) is 6.30. The number of carboxylic acids is 1. The number of ether oxygens (including phenoxy) is 1. The van der Waals surface area contributed by atoms with Crippen LogP contribution in [0.2, 0.25) is 0 Å². The van der Waals surface area contributed by atoms with Crippen molar-refractivity contribution in [1.29, 1.82) is 0 Å². The van der Waals surface area contributed by atoms with E-state index < -0.39 is 11.9 Å². The molecule has 7 nitrogen and oxygen atoms in total. The van der Waals surface area contributed by atoms with Crippen LogP contribution in [0, 0.1) is 0 Å². The maximum atomic E-state index is 12.1. The first-order chi connectivity index (χ1) is 10.4. The molecule has 0 spiro atoms. The van der Waals surface area contributed by atoms with Gasteiger partial charge in [-0.15, -0.1) is 0 Å². The zero-order valence-electron chi connectivity index (χ0n) is 12.4. The van der Waals surface area contributed by atoms with Crippen molar-refractivity contribution in [2.45, 2.75) is 19.8 Å². The predicted molar refractivity (Wildman–Crippen MR) is 78.5 cm³/mol. The summed E-state index contributed by atoms with van der Waals surface area (Å²) in [6.07, 6.45) is 0. The highest BCUT2D eigenvalue weighted by Crippen LogP contribution is 2.26. The molecule has 1 aromatic carbocycles. The third kappa shape index (κ3) is 3.25. The van der Waals surface area contributed by atoms with E-state index in [1.165, 1.54) is 25.3 Å². The van der Waals surface area contributed by atoms with Gasteiger partial charge in [-0.1, -0.05) is 19.0 Å². The average molecular weight is 304 g/mol. The van der Waals surface area contributed by atoms with Crippen molar-refractivity contribution < 1.29 is 24.0 Å². The molecule has 0 aliphatic carbocycles. The molecule has 2 rings (SSSR count). The van der Waals surface area contributed by atoms with Gasteiger partial charge in [0, 0.05) is 12.0 Å². The van der Waals surface area contributed by atoms with Gasteiger partial charge in [-0.05, 0) is 18.2 Å². The minimum absolute atomic E-state index is 0.0679. The molecule has 1 amide bonds. The van der Waals surface area contributed by atoms with E-state index in [0.717, 1.165) is 0 Å². The number of carboxylic acid groups (broad SMARTS) is 1. The average Bonchev–Trinajstić information content (AvgIpc) is 2.97. The smallest absolute Gasteiger partial charge is 0.335 e. The van der Waals surface area contributed by atoms with E-state index in [2.05, 4.69) is 10.5 Å². The normalized spacial score (nSPS) is 10.5. The van der Waals surface area contributed by atoms with Crippen LogP contribution in [0.4, 0.5) is 5.69 Å². The number of benzene rings is 1. The molecule has 1 heterocycles. The van der Waals surface area contributed by atoms with Crippen molar-refractivity contribution in [3.63, 3.8) is 0 Å². The van der Waals surface area contributed by atoms with Gasteiger partial charge in [-0.3, -0.25) is 4.79 Å².